The Morgan fingerprint density at radius 1 is 1.19 bits per heavy atom. The van der Waals surface area contributed by atoms with Crippen molar-refractivity contribution in [1.29, 1.82) is 0 Å². The van der Waals surface area contributed by atoms with Crippen molar-refractivity contribution in [3.05, 3.63) is 63.1 Å². The summed E-state index contributed by atoms with van der Waals surface area (Å²) in [7, 11) is 0. The van der Waals surface area contributed by atoms with Crippen LogP contribution < -0.4 is 5.32 Å². The van der Waals surface area contributed by atoms with Crippen LogP contribution in [0.5, 0.6) is 0 Å². The van der Waals surface area contributed by atoms with E-state index in [1.807, 2.05) is 24.3 Å². The molecule has 0 saturated carbocycles. The van der Waals surface area contributed by atoms with E-state index in [-0.39, 0.29) is 16.8 Å². The monoisotopic (exact) mass is 448 g/mol. The third-order valence-electron chi connectivity index (χ3n) is 3.49. The number of non-ortho nitro benzene ring substituents is 1. The predicted molar refractivity (Wildman–Crippen MR) is 104 cm³/mol. The van der Waals surface area contributed by atoms with Crippen molar-refractivity contribution in [1.82, 2.24) is 10.2 Å². The molecule has 1 unspecified atom stereocenters. The highest BCUT2D eigenvalue weighted by atomic mass is 79.9. The maximum atomic E-state index is 12.3. The number of hydrogen-bond donors (Lipinski definition) is 1. The quantitative estimate of drug-likeness (QED) is 0.334. The number of anilines is 1. The lowest BCUT2D eigenvalue weighted by Gasteiger charge is -2.09. The zero-order valence-electron chi connectivity index (χ0n) is 14.0. The van der Waals surface area contributed by atoms with Gasteiger partial charge in [0.25, 0.3) is 10.9 Å². The number of carbonyl (C=O) groups excluding carboxylic acids is 1. The molecule has 10 heteroatoms. The van der Waals surface area contributed by atoms with Crippen LogP contribution >= 0.6 is 27.7 Å². The molecule has 1 atom stereocenters. The second kappa shape index (κ2) is 8.31. The molecule has 138 valence electrons. The van der Waals surface area contributed by atoms with E-state index >= 15 is 0 Å². The molecule has 1 amide bonds. The van der Waals surface area contributed by atoms with Gasteiger partial charge in [-0.15, -0.1) is 10.2 Å². The maximum absolute atomic E-state index is 12.3. The Morgan fingerprint density at radius 2 is 1.85 bits per heavy atom. The molecule has 3 aromatic rings. The van der Waals surface area contributed by atoms with Crippen molar-refractivity contribution >= 4 is 45.0 Å². The highest BCUT2D eigenvalue weighted by Crippen LogP contribution is 2.27. The average molecular weight is 449 g/mol. The Balaban J connectivity index is 1.61. The fraction of sp³-hybridized carbons (Fsp3) is 0.118. The lowest BCUT2D eigenvalue weighted by molar-refractivity contribution is -0.384. The van der Waals surface area contributed by atoms with E-state index < -0.39 is 10.2 Å². The zero-order chi connectivity index (χ0) is 19.4. The SMILES string of the molecule is CC(Sc1nnc(-c2ccc(Br)cc2)o1)C(=O)Nc1ccc([N+](=O)[O-])cc1. The van der Waals surface area contributed by atoms with Crippen molar-refractivity contribution in [3.63, 3.8) is 0 Å². The van der Waals surface area contributed by atoms with Crippen LogP contribution in [0.2, 0.25) is 0 Å². The first-order valence-electron chi connectivity index (χ1n) is 7.74. The number of nitro benzene ring substituents is 1. The van der Waals surface area contributed by atoms with Crippen LogP contribution in [-0.4, -0.2) is 26.3 Å². The summed E-state index contributed by atoms with van der Waals surface area (Å²) >= 11 is 4.49. The van der Waals surface area contributed by atoms with Crippen LogP contribution in [0, 0.1) is 10.1 Å². The van der Waals surface area contributed by atoms with Crippen molar-refractivity contribution in [2.75, 3.05) is 5.32 Å². The molecule has 2 aromatic carbocycles. The number of nitrogens with one attached hydrogen (secondary N) is 1. The number of nitrogens with zero attached hydrogens (tertiary/aromatic N) is 3. The van der Waals surface area contributed by atoms with E-state index in [2.05, 4.69) is 31.4 Å². The summed E-state index contributed by atoms with van der Waals surface area (Å²) < 4.78 is 6.53. The minimum atomic E-state index is -0.501. The number of thioether (sulfide) groups is 1. The number of hydrogen-bond acceptors (Lipinski definition) is 7. The van der Waals surface area contributed by atoms with Gasteiger partial charge >= 0.3 is 0 Å². The molecule has 27 heavy (non-hydrogen) atoms. The Morgan fingerprint density at radius 3 is 2.48 bits per heavy atom. The maximum Gasteiger partial charge on any atom is 0.277 e. The Labute approximate surface area is 166 Å². The first kappa shape index (κ1) is 19.1. The van der Waals surface area contributed by atoms with Gasteiger partial charge in [0.05, 0.1) is 10.2 Å². The summed E-state index contributed by atoms with van der Waals surface area (Å²) in [5, 5.41) is 21.1. The lowest BCUT2D eigenvalue weighted by atomic mass is 10.2. The molecule has 0 fully saturated rings. The number of nitro groups is 1. The first-order valence-corrected chi connectivity index (χ1v) is 9.41. The van der Waals surface area contributed by atoms with Crippen LogP contribution in [0.15, 0.2) is 62.6 Å². The van der Waals surface area contributed by atoms with Gasteiger partial charge in [0.1, 0.15) is 0 Å². The molecule has 0 aliphatic heterocycles. The molecule has 0 radical (unpaired) electrons. The second-order valence-electron chi connectivity index (χ2n) is 5.43. The van der Waals surface area contributed by atoms with Gasteiger partial charge in [0.15, 0.2) is 0 Å². The lowest BCUT2D eigenvalue weighted by Crippen LogP contribution is -2.22. The van der Waals surface area contributed by atoms with E-state index in [1.54, 1.807) is 6.92 Å². The van der Waals surface area contributed by atoms with E-state index in [9.17, 15) is 14.9 Å². The highest BCUT2D eigenvalue weighted by Gasteiger charge is 2.19. The van der Waals surface area contributed by atoms with Gasteiger partial charge in [-0.3, -0.25) is 14.9 Å². The number of benzene rings is 2. The average Bonchev–Trinajstić information content (AvgIpc) is 3.11. The van der Waals surface area contributed by atoms with Crippen LogP contribution in [0.25, 0.3) is 11.5 Å². The smallest absolute Gasteiger partial charge is 0.277 e. The van der Waals surface area contributed by atoms with E-state index in [0.29, 0.717) is 11.6 Å². The molecule has 0 bridgehead atoms. The van der Waals surface area contributed by atoms with E-state index in [4.69, 9.17) is 4.42 Å². The number of rotatable bonds is 6. The zero-order valence-corrected chi connectivity index (χ0v) is 16.4. The van der Waals surface area contributed by atoms with Gasteiger partial charge in [0, 0.05) is 27.9 Å². The van der Waals surface area contributed by atoms with Crippen LogP contribution in [0.1, 0.15) is 6.92 Å². The summed E-state index contributed by atoms with van der Waals surface area (Å²) in [6.45, 7) is 1.70. The fourth-order valence-corrected chi connectivity index (χ4v) is 3.03. The molecule has 1 heterocycles. The molecule has 0 aliphatic rings. The van der Waals surface area contributed by atoms with Crippen LogP contribution in [0.3, 0.4) is 0 Å². The van der Waals surface area contributed by atoms with Gasteiger partial charge in [-0.2, -0.15) is 0 Å². The summed E-state index contributed by atoms with van der Waals surface area (Å²) in [6, 6.07) is 13.0. The van der Waals surface area contributed by atoms with Crippen molar-refractivity contribution < 1.29 is 14.1 Å². The third kappa shape index (κ3) is 4.92. The topological polar surface area (TPSA) is 111 Å². The molecule has 3 rings (SSSR count). The molecule has 1 aromatic heterocycles. The molecule has 0 spiro atoms. The van der Waals surface area contributed by atoms with Gasteiger partial charge in [-0.25, -0.2) is 0 Å². The largest absolute Gasteiger partial charge is 0.411 e. The first-order chi connectivity index (χ1) is 12.9. The van der Waals surface area contributed by atoms with Gasteiger partial charge in [0.2, 0.25) is 11.8 Å². The minimum Gasteiger partial charge on any atom is -0.411 e. The second-order valence-corrected chi connectivity index (χ2v) is 7.64. The van der Waals surface area contributed by atoms with Crippen LogP contribution in [-0.2, 0) is 4.79 Å². The third-order valence-corrected chi connectivity index (χ3v) is 4.95. The number of aromatic nitrogens is 2. The highest BCUT2D eigenvalue weighted by molar-refractivity contribution is 9.10. The van der Waals surface area contributed by atoms with Crippen molar-refractivity contribution in [2.24, 2.45) is 0 Å². The Hall–Kier alpha value is -2.72. The Kier molecular flexibility index (Phi) is 5.87. The number of carbonyl (C=O) groups is 1. The van der Waals surface area contributed by atoms with E-state index in [1.165, 1.54) is 24.3 Å². The van der Waals surface area contributed by atoms with Gasteiger partial charge < -0.3 is 9.73 Å². The molecule has 0 saturated heterocycles. The van der Waals surface area contributed by atoms with Crippen molar-refractivity contribution in [3.8, 4) is 11.5 Å². The Bertz CT molecular complexity index is 960. The fourth-order valence-electron chi connectivity index (χ4n) is 2.08. The number of amides is 1. The minimum absolute atomic E-state index is 0.0400. The molecular weight excluding hydrogens is 436 g/mol. The van der Waals surface area contributed by atoms with Crippen LogP contribution in [0.4, 0.5) is 11.4 Å². The number of halogens is 1. The van der Waals surface area contributed by atoms with Gasteiger partial charge in [-0.1, -0.05) is 27.7 Å². The molecule has 1 N–H and O–H groups in total. The van der Waals surface area contributed by atoms with Gasteiger partial charge in [-0.05, 0) is 43.3 Å². The summed E-state index contributed by atoms with van der Waals surface area (Å²) in [6.07, 6.45) is 0. The molecule has 8 nitrogen and oxygen atoms in total. The summed E-state index contributed by atoms with van der Waals surface area (Å²) in [5.74, 6) is 0.0882. The molecule has 0 aliphatic carbocycles. The summed E-state index contributed by atoms with van der Waals surface area (Å²) in [5.41, 5.74) is 1.21. The normalized spacial score (nSPS) is 11.8. The van der Waals surface area contributed by atoms with E-state index in [0.717, 1.165) is 21.8 Å². The standard InChI is InChI=1S/C17H13BrN4O4S/c1-10(15(23)19-13-6-8-14(9-7-13)22(24)25)27-17-21-20-16(26-17)11-2-4-12(18)5-3-11/h2-10H,1H3,(H,19,23). The molecular formula is C17H13BrN4O4S. The van der Waals surface area contributed by atoms with Crippen molar-refractivity contribution in [2.45, 2.75) is 17.4 Å². The predicted octanol–water partition coefficient (Wildman–Crippen LogP) is 4.53. The summed E-state index contributed by atoms with van der Waals surface area (Å²) in [4.78, 5) is 22.4.